The van der Waals surface area contributed by atoms with Crippen LogP contribution in [0.15, 0.2) is 25.3 Å². The highest BCUT2D eigenvalue weighted by atomic mass is 16.2. The van der Waals surface area contributed by atoms with E-state index in [9.17, 15) is 4.79 Å². The molecule has 1 aliphatic rings. The first-order chi connectivity index (χ1) is 7.97. The van der Waals surface area contributed by atoms with Crippen molar-refractivity contribution in [3.05, 3.63) is 25.3 Å². The van der Waals surface area contributed by atoms with Crippen LogP contribution in [0.25, 0.3) is 0 Å². The molecule has 0 N–H and O–H groups in total. The molecule has 0 heterocycles. The van der Waals surface area contributed by atoms with Crippen molar-refractivity contribution in [1.82, 2.24) is 4.90 Å². The normalized spacial score (nSPS) is 32.2. The third kappa shape index (κ3) is 2.62. The van der Waals surface area contributed by atoms with Crippen molar-refractivity contribution in [2.24, 2.45) is 17.3 Å². The van der Waals surface area contributed by atoms with Crippen LogP contribution < -0.4 is 0 Å². The topological polar surface area (TPSA) is 20.3 Å². The molecule has 0 saturated heterocycles. The molecule has 1 rings (SSSR count). The van der Waals surface area contributed by atoms with Crippen LogP contribution in [0.4, 0.5) is 0 Å². The minimum Gasteiger partial charge on any atom is -0.349 e. The third-order valence-electron chi connectivity index (χ3n) is 4.33. The van der Waals surface area contributed by atoms with Gasteiger partial charge in [-0.3, -0.25) is 4.79 Å². The molecule has 1 saturated carbocycles. The number of allylic oxidation sites excluding steroid dienone is 2. The Bertz CT molecular complexity index is 308. The number of hydrogen-bond acceptors (Lipinski definition) is 1. The smallest absolute Gasteiger partial charge is 0.226 e. The van der Waals surface area contributed by atoms with Crippen molar-refractivity contribution in [2.75, 3.05) is 14.1 Å². The molecule has 3 atom stereocenters. The number of hydrogen-bond donors (Lipinski definition) is 0. The van der Waals surface area contributed by atoms with Crippen molar-refractivity contribution < 1.29 is 4.79 Å². The van der Waals surface area contributed by atoms with E-state index in [-0.39, 0.29) is 17.2 Å². The molecule has 0 bridgehead atoms. The van der Waals surface area contributed by atoms with E-state index in [0.29, 0.717) is 5.92 Å². The summed E-state index contributed by atoms with van der Waals surface area (Å²) in [6.07, 6.45) is 8.21. The number of carbonyl (C=O) groups is 1. The molecule has 0 aliphatic heterocycles. The molecule has 1 fully saturated rings. The van der Waals surface area contributed by atoms with Gasteiger partial charge in [-0.05, 0) is 37.0 Å². The van der Waals surface area contributed by atoms with Gasteiger partial charge in [0.1, 0.15) is 0 Å². The summed E-state index contributed by atoms with van der Waals surface area (Å²) < 4.78 is 0. The van der Waals surface area contributed by atoms with Crippen LogP contribution in [0.2, 0.25) is 0 Å². The fourth-order valence-corrected chi connectivity index (χ4v) is 3.06. The van der Waals surface area contributed by atoms with E-state index in [1.54, 1.807) is 4.90 Å². The van der Waals surface area contributed by atoms with Crippen LogP contribution in [0.3, 0.4) is 0 Å². The molecular formula is C15H25NO. The van der Waals surface area contributed by atoms with Crippen LogP contribution in [0.1, 0.15) is 32.6 Å². The summed E-state index contributed by atoms with van der Waals surface area (Å²) in [6, 6.07) is 0. The second kappa shape index (κ2) is 5.52. The van der Waals surface area contributed by atoms with E-state index < -0.39 is 0 Å². The molecule has 0 radical (unpaired) electrons. The summed E-state index contributed by atoms with van der Waals surface area (Å²) in [5.74, 6) is 0.908. The van der Waals surface area contributed by atoms with Crippen LogP contribution in [0.5, 0.6) is 0 Å². The first kappa shape index (κ1) is 14.0. The Balaban J connectivity index is 2.85. The number of carbonyl (C=O) groups excluding carboxylic acids is 1. The Kier molecular flexibility index (Phi) is 4.55. The summed E-state index contributed by atoms with van der Waals surface area (Å²) >= 11 is 0. The Morgan fingerprint density at radius 3 is 2.53 bits per heavy atom. The number of nitrogens with zero attached hydrogens (tertiary/aromatic N) is 1. The van der Waals surface area contributed by atoms with Gasteiger partial charge in [-0.25, -0.2) is 0 Å². The average Bonchev–Trinajstić information content (AvgIpc) is 2.63. The molecule has 1 aliphatic carbocycles. The predicted molar refractivity (Wildman–Crippen MR) is 72.6 cm³/mol. The minimum absolute atomic E-state index is 0.0512. The highest BCUT2D eigenvalue weighted by Gasteiger charge is 2.47. The van der Waals surface area contributed by atoms with Crippen molar-refractivity contribution in [1.29, 1.82) is 0 Å². The van der Waals surface area contributed by atoms with Gasteiger partial charge in [0.05, 0.1) is 0 Å². The van der Waals surface area contributed by atoms with E-state index in [4.69, 9.17) is 0 Å². The summed E-state index contributed by atoms with van der Waals surface area (Å²) in [5, 5.41) is 0. The van der Waals surface area contributed by atoms with Gasteiger partial charge in [0.25, 0.3) is 0 Å². The van der Waals surface area contributed by atoms with Gasteiger partial charge in [-0.1, -0.05) is 19.1 Å². The number of rotatable bonds is 5. The molecule has 0 aromatic rings. The first-order valence-corrected chi connectivity index (χ1v) is 6.43. The monoisotopic (exact) mass is 235 g/mol. The molecule has 2 heteroatoms. The van der Waals surface area contributed by atoms with Crippen LogP contribution in [0, 0.1) is 17.3 Å². The van der Waals surface area contributed by atoms with Crippen LogP contribution in [-0.2, 0) is 4.79 Å². The zero-order valence-electron chi connectivity index (χ0n) is 11.4. The van der Waals surface area contributed by atoms with Gasteiger partial charge in [-0.2, -0.15) is 0 Å². The average molecular weight is 235 g/mol. The maximum atomic E-state index is 12.2. The second-order valence-corrected chi connectivity index (χ2v) is 5.50. The van der Waals surface area contributed by atoms with Crippen molar-refractivity contribution >= 4 is 5.91 Å². The fourth-order valence-electron chi connectivity index (χ4n) is 3.06. The van der Waals surface area contributed by atoms with Gasteiger partial charge in [0.15, 0.2) is 0 Å². The first-order valence-electron chi connectivity index (χ1n) is 6.43. The number of amides is 1. The lowest BCUT2D eigenvalue weighted by Crippen LogP contribution is -2.38. The lowest BCUT2D eigenvalue weighted by molar-refractivity contribution is -0.135. The molecular weight excluding hydrogens is 210 g/mol. The van der Waals surface area contributed by atoms with Crippen molar-refractivity contribution in [2.45, 2.75) is 32.6 Å². The third-order valence-corrected chi connectivity index (χ3v) is 4.33. The quantitative estimate of drug-likeness (QED) is 0.670. The summed E-state index contributed by atoms with van der Waals surface area (Å²) in [7, 11) is 3.67. The van der Waals surface area contributed by atoms with Gasteiger partial charge in [-0.15, -0.1) is 13.2 Å². The van der Waals surface area contributed by atoms with E-state index in [1.165, 1.54) is 0 Å². The molecule has 17 heavy (non-hydrogen) atoms. The highest BCUT2D eigenvalue weighted by molar-refractivity contribution is 5.80. The van der Waals surface area contributed by atoms with Crippen LogP contribution in [-0.4, -0.2) is 24.9 Å². The van der Waals surface area contributed by atoms with Gasteiger partial charge >= 0.3 is 0 Å². The van der Waals surface area contributed by atoms with Crippen LogP contribution >= 0.6 is 0 Å². The second-order valence-electron chi connectivity index (χ2n) is 5.50. The minimum atomic E-state index is -0.0512. The molecule has 96 valence electrons. The molecule has 0 aromatic carbocycles. The van der Waals surface area contributed by atoms with Gasteiger partial charge < -0.3 is 4.90 Å². The highest BCUT2D eigenvalue weighted by Crippen LogP contribution is 2.51. The summed E-state index contributed by atoms with van der Waals surface area (Å²) in [4.78, 5) is 13.9. The van der Waals surface area contributed by atoms with Gasteiger partial charge in [0, 0.05) is 20.0 Å². The van der Waals surface area contributed by atoms with E-state index in [0.717, 1.165) is 25.7 Å². The largest absolute Gasteiger partial charge is 0.349 e. The Morgan fingerprint density at radius 2 is 2.06 bits per heavy atom. The maximum Gasteiger partial charge on any atom is 0.226 e. The molecule has 2 nitrogen and oxygen atoms in total. The summed E-state index contributed by atoms with van der Waals surface area (Å²) in [5.41, 5.74) is -0.0512. The molecule has 1 amide bonds. The Morgan fingerprint density at radius 1 is 1.41 bits per heavy atom. The molecule has 0 unspecified atom stereocenters. The Labute approximate surface area is 105 Å². The Hall–Kier alpha value is -1.05. The van der Waals surface area contributed by atoms with E-state index in [1.807, 2.05) is 26.2 Å². The van der Waals surface area contributed by atoms with Crippen molar-refractivity contribution in [3.63, 3.8) is 0 Å². The standard InChI is InChI=1S/C15H25NO/c1-6-8-9-12-10-11-13(14(17)16(4)5)15(12,3)7-2/h6-7,12-13H,1-2,8-11H2,3-5H3/t12-,13+,15+/m1/s1. The van der Waals surface area contributed by atoms with E-state index >= 15 is 0 Å². The molecule has 0 aromatic heterocycles. The zero-order valence-corrected chi connectivity index (χ0v) is 11.4. The molecule has 0 spiro atoms. The predicted octanol–water partition coefficient (Wildman–Crippen LogP) is 3.26. The lowest BCUT2D eigenvalue weighted by atomic mass is 9.71. The van der Waals surface area contributed by atoms with E-state index in [2.05, 4.69) is 20.1 Å². The van der Waals surface area contributed by atoms with Gasteiger partial charge in [0.2, 0.25) is 5.91 Å². The lowest BCUT2D eigenvalue weighted by Gasteiger charge is -2.34. The fraction of sp³-hybridized carbons (Fsp3) is 0.667. The summed E-state index contributed by atoms with van der Waals surface area (Å²) in [6.45, 7) is 9.93. The SMILES string of the molecule is C=CCC[C@@H]1CC[C@@H](C(=O)N(C)C)[C@@]1(C)C=C. The zero-order chi connectivity index (χ0) is 13.1. The van der Waals surface area contributed by atoms with Crippen molar-refractivity contribution in [3.8, 4) is 0 Å². The maximum absolute atomic E-state index is 12.2.